The third-order valence-electron chi connectivity index (χ3n) is 8.19. The van der Waals surface area contributed by atoms with Crippen LogP contribution >= 0.6 is 0 Å². The molecule has 8 heteroatoms. The number of ether oxygens (including phenoxy) is 4. The molecule has 2 rings (SSSR count). The first-order chi connectivity index (χ1) is 16.3. The third-order valence-corrected chi connectivity index (χ3v) is 14.3. The molecule has 0 aliphatic carbocycles. The van der Waals surface area contributed by atoms with E-state index in [0.29, 0.717) is 29.8 Å². The van der Waals surface area contributed by atoms with Crippen LogP contribution in [-0.4, -0.2) is 70.1 Å². The molecule has 1 saturated heterocycles. The van der Waals surface area contributed by atoms with Gasteiger partial charge in [-0.3, -0.25) is 0 Å². The molecule has 1 fully saturated rings. The van der Waals surface area contributed by atoms with E-state index in [2.05, 4.69) is 41.5 Å². The van der Waals surface area contributed by atoms with Gasteiger partial charge in [-0.15, -0.1) is 0 Å². The minimum absolute atomic E-state index is 0.309. The number of hydrogen-bond acceptors (Lipinski definition) is 7. The molecule has 1 aromatic rings. The Kier molecular flexibility index (Phi) is 10.4. The third kappa shape index (κ3) is 5.79. The monoisotopic (exact) mass is 512 g/mol. The van der Waals surface area contributed by atoms with Gasteiger partial charge in [-0.2, -0.15) is 0 Å². The van der Waals surface area contributed by atoms with Crippen molar-refractivity contribution < 1.29 is 33.6 Å². The first kappa shape index (κ1) is 30.2. The maximum Gasteiger partial charge on any atom is 0.200 e. The summed E-state index contributed by atoms with van der Waals surface area (Å²) in [5, 5.41) is 21.4. The summed E-state index contributed by atoms with van der Waals surface area (Å²) in [6.45, 7) is 17.1. The molecule has 0 aromatic heterocycles. The van der Waals surface area contributed by atoms with Gasteiger partial charge in [0.1, 0.15) is 11.9 Å². The molecule has 7 nitrogen and oxygen atoms in total. The SMILES string of the molecule is COc1ccc(CO[C@H]2[C@@H](CO[Si](C(C)C)(C(C)C)C(C)C)OC(OC)[C@@]2(C)[C@@](C)(O)CO)cc1. The van der Waals surface area contributed by atoms with Gasteiger partial charge in [0.15, 0.2) is 14.6 Å². The molecule has 1 heterocycles. The Morgan fingerprint density at radius 1 is 1.03 bits per heavy atom. The smallest absolute Gasteiger partial charge is 0.200 e. The standard InChI is InChI=1S/C27H48O7Si/c1-18(2)35(19(3)4,20(5)6)33-16-23-24(32-15-21-11-13-22(30-9)14-12-21)27(8,25(31-10)34-23)26(7,29)17-28/h11-14,18-20,23-25,28-29H,15-17H2,1-10H3/t23-,24+,25?,26+,27+/m1/s1. The van der Waals surface area contributed by atoms with Crippen LogP contribution in [0.1, 0.15) is 61.0 Å². The van der Waals surface area contributed by atoms with Gasteiger partial charge in [0.25, 0.3) is 0 Å². The molecule has 5 atom stereocenters. The van der Waals surface area contributed by atoms with Crippen molar-refractivity contribution in [1.29, 1.82) is 0 Å². The average molecular weight is 513 g/mol. The molecular formula is C27H48O7Si. The van der Waals surface area contributed by atoms with Crippen LogP contribution in [0.25, 0.3) is 0 Å². The van der Waals surface area contributed by atoms with Crippen LogP contribution in [0.2, 0.25) is 16.6 Å². The number of benzene rings is 1. The predicted molar refractivity (Wildman–Crippen MR) is 140 cm³/mol. The summed E-state index contributed by atoms with van der Waals surface area (Å²) in [5.41, 5.74) is -0.301. The lowest BCUT2D eigenvalue weighted by atomic mass is 9.70. The predicted octanol–water partition coefficient (Wildman–Crippen LogP) is 4.89. The molecule has 35 heavy (non-hydrogen) atoms. The highest BCUT2D eigenvalue weighted by Gasteiger charge is 2.63. The van der Waals surface area contributed by atoms with Crippen molar-refractivity contribution in [2.75, 3.05) is 27.4 Å². The van der Waals surface area contributed by atoms with Crippen LogP contribution in [0.5, 0.6) is 5.75 Å². The Labute approximate surface area is 213 Å². The normalized spacial score (nSPS) is 27.1. The highest BCUT2D eigenvalue weighted by atomic mass is 28.4. The maximum atomic E-state index is 11.3. The van der Waals surface area contributed by atoms with E-state index in [9.17, 15) is 10.2 Å². The van der Waals surface area contributed by atoms with Gasteiger partial charge in [0.05, 0.1) is 44.1 Å². The van der Waals surface area contributed by atoms with Crippen LogP contribution in [0, 0.1) is 5.41 Å². The van der Waals surface area contributed by atoms with Crippen molar-refractivity contribution in [3.63, 3.8) is 0 Å². The zero-order valence-electron chi connectivity index (χ0n) is 23.3. The van der Waals surface area contributed by atoms with Gasteiger partial charge < -0.3 is 33.6 Å². The molecule has 1 aliphatic rings. The molecule has 0 spiro atoms. The van der Waals surface area contributed by atoms with E-state index in [0.717, 1.165) is 11.3 Å². The number of rotatable bonds is 13. The van der Waals surface area contributed by atoms with Crippen molar-refractivity contribution in [2.45, 2.75) is 103 Å². The number of aliphatic hydroxyl groups excluding tert-OH is 1. The van der Waals surface area contributed by atoms with Gasteiger partial charge in [-0.05, 0) is 48.2 Å². The highest BCUT2D eigenvalue weighted by Crippen LogP contribution is 2.50. The fourth-order valence-corrected chi connectivity index (χ4v) is 11.4. The Hall–Kier alpha value is -1.00. The van der Waals surface area contributed by atoms with Crippen molar-refractivity contribution in [3.05, 3.63) is 29.8 Å². The van der Waals surface area contributed by atoms with Crippen LogP contribution in [0.4, 0.5) is 0 Å². The number of hydrogen-bond donors (Lipinski definition) is 2. The number of methoxy groups -OCH3 is 2. The van der Waals surface area contributed by atoms with Crippen molar-refractivity contribution in [1.82, 2.24) is 0 Å². The summed E-state index contributed by atoms with van der Waals surface area (Å²) in [6.07, 6.45) is -1.81. The van der Waals surface area contributed by atoms with E-state index in [4.69, 9.17) is 23.4 Å². The summed E-state index contributed by atoms with van der Waals surface area (Å²) >= 11 is 0. The molecule has 0 bridgehead atoms. The summed E-state index contributed by atoms with van der Waals surface area (Å²) in [5.74, 6) is 0.772. The van der Waals surface area contributed by atoms with E-state index in [1.807, 2.05) is 31.2 Å². The molecule has 1 aliphatic heterocycles. The molecule has 0 amide bonds. The molecule has 1 aromatic carbocycles. The summed E-state index contributed by atoms with van der Waals surface area (Å²) in [4.78, 5) is 0. The summed E-state index contributed by atoms with van der Waals surface area (Å²) < 4.78 is 30.6. The minimum Gasteiger partial charge on any atom is -0.497 e. The topological polar surface area (TPSA) is 86.6 Å². The van der Waals surface area contributed by atoms with E-state index in [-0.39, 0.29) is 0 Å². The minimum atomic E-state index is -2.16. The first-order valence-electron chi connectivity index (χ1n) is 12.7. The number of aliphatic hydroxyl groups is 2. The molecule has 0 saturated carbocycles. The van der Waals surface area contributed by atoms with Crippen molar-refractivity contribution >= 4 is 8.32 Å². The summed E-state index contributed by atoms with van der Waals surface area (Å²) in [7, 11) is 1.03. The van der Waals surface area contributed by atoms with E-state index in [1.165, 1.54) is 0 Å². The lowest BCUT2D eigenvalue weighted by molar-refractivity contribution is -0.224. The van der Waals surface area contributed by atoms with Gasteiger partial charge >= 0.3 is 0 Å². The Balaban J connectivity index is 2.39. The first-order valence-corrected chi connectivity index (χ1v) is 14.9. The van der Waals surface area contributed by atoms with Crippen LogP contribution in [0.15, 0.2) is 24.3 Å². The Bertz CT molecular complexity index is 758. The fourth-order valence-electron chi connectivity index (χ4n) is 5.96. The average Bonchev–Trinajstić information content (AvgIpc) is 3.09. The lowest BCUT2D eigenvalue weighted by Crippen LogP contribution is -2.59. The molecule has 202 valence electrons. The Morgan fingerprint density at radius 2 is 1.57 bits per heavy atom. The second-order valence-corrected chi connectivity index (χ2v) is 16.6. The van der Waals surface area contributed by atoms with Gasteiger partial charge in [0, 0.05) is 7.11 Å². The largest absolute Gasteiger partial charge is 0.497 e. The van der Waals surface area contributed by atoms with Crippen LogP contribution < -0.4 is 4.74 Å². The summed E-state index contributed by atoms with van der Waals surface area (Å²) in [6, 6.07) is 7.67. The lowest BCUT2D eigenvalue weighted by Gasteiger charge is -2.45. The van der Waals surface area contributed by atoms with Crippen LogP contribution in [0.3, 0.4) is 0 Å². The van der Waals surface area contributed by atoms with E-state index < -0.39 is 44.4 Å². The van der Waals surface area contributed by atoms with E-state index in [1.54, 1.807) is 21.1 Å². The molecular weight excluding hydrogens is 464 g/mol. The van der Waals surface area contributed by atoms with Gasteiger partial charge in [0.2, 0.25) is 0 Å². The van der Waals surface area contributed by atoms with Crippen molar-refractivity contribution in [2.24, 2.45) is 5.41 Å². The van der Waals surface area contributed by atoms with Gasteiger partial charge in [-0.25, -0.2) is 0 Å². The van der Waals surface area contributed by atoms with Crippen molar-refractivity contribution in [3.8, 4) is 5.75 Å². The Morgan fingerprint density at radius 3 is 2.00 bits per heavy atom. The molecule has 2 N–H and O–H groups in total. The molecule has 0 radical (unpaired) electrons. The zero-order valence-corrected chi connectivity index (χ0v) is 24.3. The molecule has 1 unspecified atom stereocenters. The van der Waals surface area contributed by atoms with E-state index >= 15 is 0 Å². The quantitative estimate of drug-likeness (QED) is 0.364. The highest BCUT2D eigenvalue weighted by molar-refractivity contribution is 6.77. The van der Waals surface area contributed by atoms with Crippen LogP contribution in [-0.2, 0) is 25.2 Å². The van der Waals surface area contributed by atoms with Gasteiger partial charge in [-0.1, -0.05) is 53.7 Å². The maximum absolute atomic E-state index is 11.3. The zero-order chi connectivity index (χ0) is 26.6. The second-order valence-electron chi connectivity index (χ2n) is 11.2. The fraction of sp³-hybridized carbons (Fsp3) is 0.778. The second kappa shape index (κ2) is 12.0.